The van der Waals surface area contributed by atoms with E-state index in [0.717, 1.165) is 11.3 Å². The molecule has 9 heteroatoms. The second-order valence-electron chi connectivity index (χ2n) is 4.43. The molecular formula is C15H13N3O5S. The average Bonchev–Trinajstić information content (AvgIpc) is 3.02. The number of esters is 1. The van der Waals surface area contributed by atoms with E-state index >= 15 is 0 Å². The Bertz CT molecular complexity index is 800. The van der Waals surface area contributed by atoms with Gasteiger partial charge in [-0.2, -0.15) is 0 Å². The topological polar surface area (TPSA) is 111 Å². The van der Waals surface area contributed by atoms with Gasteiger partial charge in [0.15, 0.2) is 10.8 Å². The van der Waals surface area contributed by atoms with Gasteiger partial charge in [0.25, 0.3) is 5.69 Å². The van der Waals surface area contributed by atoms with E-state index in [-0.39, 0.29) is 23.1 Å². The van der Waals surface area contributed by atoms with Crippen LogP contribution in [0.15, 0.2) is 35.7 Å². The Balaban J connectivity index is 1.99. The van der Waals surface area contributed by atoms with Gasteiger partial charge in [0.05, 0.1) is 11.5 Å². The summed E-state index contributed by atoms with van der Waals surface area (Å²) in [5.74, 6) is -1.02. The van der Waals surface area contributed by atoms with Gasteiger partial charge in [0, 0.05) is 23.6 Å². The molecule has 1 N–H and O–H groups in total. The lowest BCUT2D eigenvalue weighted by molar-refractivity contribution is -0.384. The van der Waals surface area contributed by atoms with Crippen LogP contribution in [0.5, 0.6) is 0 Å². The largest absolute Gasteiger partial charge is 0.461 e. The molecule has 0 fully saturated rings. The van der Waals surface area contributed by atoms with Crippen LogP contribution in [0.2, 0.25) is 0 Å². The second kappa shape index (κ2) is 7.97. The second-order valence-corrected chi connectivity index (χ2v) is 5.29. The molecule has 0 unspecified atom stereocenters. The summed E-state index contributed by atoms with van der Waals surface area (Å²) in [6.07, 6.45) is 2.67. The van der Waals surface area contributed by atoms with E-state index in [0.29, 0.717) is 5.56 Å². The lowest BCUT2D eigenvalue weighted by Crippen LogP contribution is -2.09. The van der Waals surface area contributed by atoms with Crippen molar-refractivity contribution in [2.75, 3.05) is 11.9 Å². The number of non-ortho nitro benzene ring substituents is 1. The lowest BCUT2D eigenvalue weighted by Gasteiger charge is -1.98. The SMILES string of the molecule is CCOC(=O)c1csc(NC(=O)/C=C/c2cccc([N+](=O)[O-])c2)n1. The summed E-state index contributed by atoms with van der Waals surface area (Å²) >= 11 is 1.09. The fraction of sp³-hybridized carbons (Fsp3) is 0.133. The molecule has 0 radical (unpaired) electrons. The van der Waals surface area contributed by atoms with Crippen LogP contribution in [0.4, 0.5) is 10.8 Å². The van der Waals surface area contributed by atoms with Crippen molar-refractivity contribution >= 4 is 40.1 Å². The molecular weight excluding hydrogens is 334 g/mol. The molecule has 0 aliphatic heterocycles. The van der Waals surface area contributed by atoms with E-state index in [1.165, 1.54) is 35.7 Å². The van der Waals surface area contributed by atoms with Crippen LogP contribution in [-0.4, -0.2) is 28.4 Å². The van der Waals surface area contributed by atoms with Crippen LogP contribution >= 0.6 is 11.3 Å². The van der Waals surface area contributed by atoms with Crippen molar-refractivity contribution in [3.8, 4) is 0 Å². The number of nitro groups is 1. The number of nitrogens with zero attached hydrogens (tertiary/aromatic N) is 2. The Kier molecular flexibility index (Phi) is 5.74. The number of anilines is 1. The minimum atomic E-state index is -0.554. The maximum absolute atomic E-state index is 11.8. The van der Waals surface area contributed by atoms with Crippen molar-refractivity contribution in [3.05, 3.63) is 57.1 Å². The number of carbonyl (C=O) groups is 2. The first-order valence-electron chi connectivity index (χ1n) is 6.85. The zero-order valence-corrected chi connectivity index (χ0v) is 13.4. The minimum absolute atomic E-state index is 0.0587. The first-order valence-corrected chi connectivity index (χ1v) is 7.73. The number of nitro benzene ring substituents is 1. The Morgan fingerprint density at radius 3 is 2.96 bits per heavy atom. The van der Waals surface area contributed by atoms with E-state index in [1.54, 1.807) is 13.0 Å². The number of thiazole rings is 1. The summed E-state index contributed by atoms with van der Waals surface area (Å²) in [6.45, 7) is 1.93. The molecule has 0 saturated carbocycles. The summed E-state index contributed by atoms with van der Waals surface area (Å²) in [4.78, 5) is 37.4. The number of amides is 1. The number of ether oxygens (including phenoxy) is 1. The van der Waals surface area contributed by atoms with E-state index < -0.39 is 16.8 Å². The molecule has 0 saturated heterocycles. The molecule has 1 amide bonds. The van der Waals surface area contributed by atoms with Gasteiger partial charge in [0.2, 0.25) is 5.91 Å². The molecule has 1 aromatic heterocycles. The fourth-order valence-electron chi connectivity index (χ4n) is 1.69. The standard InChI is InChI=1S/C15H13N3O5S/c1-2-23-14(20)12-9-24-15(16-12)17-13(19)7-6-10-4-3-5-11(8-10)18(21)22/h3-9H,2H2,1H3,(H,16,17,19)/b7-6+. The van der Waals surface area contributed by atoms with Crippen molar-refractivity contribution in [1.82, 2.24) is 4.98 Å². The molecule has 0 spiro atoms. The highest BCUT2D eigenvalue weighted by Crippen LogP contribution is 2.17. The van der Waals surface area contributed by atoms with E-state index in [2.05, 4.69) is 10.3 Å². The Labute approximate surface area is 140 Å². The van der Waals surface area contributed by atoms with E-state index in [9.17, 15) is 19.7 Å². The smallest absolute Gasteiger partial charge is 0.357 e. The normalized spacial score (nSPS) is 10.5. The molecule has 0 aliphatic rings. The Hall–Kier alpha value is -3.07. The zero-order chi connectivity index (χ0) is 17.5. The lowest BCUT2D eigenvalue weighted by atomic mass is 10.2. The Morgan fingerprint density at radius 2 is 2.25 bits per heavy atom. The molecule has 8 nitrogen and oxygen atoms in total. The molecule has 2 aromatic rings. The highest BCUT2D eigenvalue weighted by atomic mass is 32.1. The van der Waals surface area contributed by atoms with Gasteiger partial charge in [-0.3, -0.25) is 20.2 Å². The third-order valence-electron chi connectivity index (χ3n) is 2.73. The number of hydrogen-bond acceptors (Lipinski definition) is 7. The van der Waals surface area contributed by atoms with Gasteiger partial charge in [-0.05, 0) is 18.6 Å². The molecule has 0 atom stereocenters. The van der Waals surface area contributed by atoms with Crippen LogP contribution in [0.25, 0.3) is 6.08 Å². The van der Waals surface area contributed by atoms with Gasteiger partial charge in [0.1, 0.15) is 0 Å². The third kappa shape index (κ3) is 4.71. The van der Waals surface area contributed by atoms with Crippen molar-refractivity contribution in [2.24, 2.45) is 0 Å². The predicted octanol–water partition coefficient (Wildman–Crippen LogP) is 2.88. The maximum Gasteiger partial charge on any atom is 0.357 e. The predicted molar refractivity (Wildman–Crippen MR) is 88.8 cm³/mol. The highest BCUT2D eigenvalue weighted by molar-refractivity contribution is 7.14. The van der Waals surface area contributed by atoms with Crippen LogP contribution in [0.1, 0.15) is 23.0 Å². The molecule has 24 heavy (non-hydrogen) atoms. The molecule has 1 aromatic carbocycles. The van der Waals surface area contributed by atoms with Crippen LogP contribution in [0, 0.1) is 10.1 Å². The average molecular weight is 347 g/mol. The molecule has 1 heterocycles. The quantitative estimate of drug-likeness (QED) is 0.372. The van der Waals surface area contributed by atoms with Gasteiger partial charge >= 0.3 is 5.97 Å². The summed E-state index contributed by atoms with van der Waals surface area (Å²) in [5.41, 5.74) is 0.585. The minimum Gasteiger partial charge on any atom is -0.461 e. The number of rotatable bonds is 6. The van der Waals surface area contributed by atoms with Gasteiger partial charge in [-0.1, -0.05) is 12.1 Å². The van der Waals surface area contributed by atoms with Crippen molar-refractivity contribution in [3.63, 3.8) is 0 Å². The van der Waals surface area contributed by atoms with Crippen molar-refractivity contribution in [1.29, 1.82) is 0 Å². The van der Waals surface area contributed by atoms with Crippen LogP contribution < -0.4 is 5.32 Å². The van der Waals surface area contributed by atoms with Gasteiger partial charge in [-0.15, -0.1) is 11.3 Å². The summed E-state index contributed by atoms with van der Waals surface area (Å²) in [7, 11) is 0. The van der Waals surface area contributed by atoms with Crippen LogP contribution in [0.3, 0.4) is 0 Å². The maximum atomic E-state index is 11.8. The van der Waals surface area contributed by atoms with Gasteiger partial charge in [-0.25, -0.2) is 9.78 Å². The molecule has 0 aliphatic carbocycles. The number of aromatic nitrogens is 1. The fourth-order valence-corrected chi connectivity index (χ4v) is 2.37. The van der Waals surface area contributed by atoms with Crippen molar-refractivity contribution < 1.29 is 19.2 Å². The summed E-state index contributed by atoms with van der Waals surface area (Å²) < 4.78 is 4.81. The molecule has 2 rings (SSSR count). The number of benzene rings is 1. The zero-order valence-electron chi connectivity index (χ0n) is 12.6. The summed E-state index contributed by atoms with van der Waals surface area (Å²) in [6, 6.07) is 5.89. The van der Waals surface area contributed by atoms with E-state index in [1.807, 2.05) is 0 Å². The monoisotopic (exact) mass is 347 g/mol. The number of nitrogens with one attached hydrogen (secondary N) is 1. The van der Waals surface area contributed by atoms with Crippen molar-refractivity contribution in [2.45, 2.75) is 6.92 Å². The first kappa shape index (κ1) is 17.3. The molecule has 124 valence electrons. The number of hydrogen-bond donors (Lipinski definition) is 1. The Morgan fingerprint density at radius 1 is 1.46 bits per heavy atom. The first-order chi connectivity index (χ1) is 11.5. The van der Waals surface area contributed by atoms with Crippen LogP contribution in [-0.2, 0) is 9.53 Å². The summed E-state index contributed by atoms with van der Waals surface area (Å²) in [5, 5.41) is 14.9. The molecule has 0 bridgehead atoms. The highest BCUT2D eigenvalue weighted by Gasteiger charge is 2.12. The number of carbonyl (C=O) groups excluding carboxylic acids is 2. The van der Waals surface area contributed by atoms with E-state index in [4.69, 9.17) is 4.74 Å². The third-order valence-corrected chi connectivity index (χ3v) is 3.48. The van der Waals surface area contributed by atoms with Gasteiger partial charge < -0.3 is 4.74 Å².